The number of carbonyl (C=O) groups is 3. The molecular weight excluding hydrogens is 1160 g/mol. The molecule has 14 atom stereocenters. The first-order valence-electron chi connectivity index (χ1n) is 32.1. The molecular formula is C71H98ClN7O11. The van der Waals surface area contributed by atoms with Crippen molar-refractivity contribution in [3.8, 4) is 0 Å². The number of allylic oxidation sites excluding steroid dienone is 12. The van der Waals surface area contributed by atoms with Crippen LogP contribution in [0.15, 0.2) is 124 Å². The average molecular weight is 1260 g/mol. The van der Waals surface area contributed by atoms with Crippen molar-refractivity contribution >= 4 is 40.3 Å². The van der Waals surface area contributed by atoms with E-state index in [2.05, 4.69) is 53.3 Å². The standard InChI is InChI=1S/C22H28N2O4.C20H26N2O2.C13H12ClNO.C9H17NO3.C7H15NO/c1-12-7-14(8-13(12)2)19(26)16-10-23-6-5-17(16)24-18-9-15(11-25)20-21(18)28-22(3,4)27-20;1-12-6-15(7-13(12)2)20(24)18-10-21-5-4-19(18)22-17-8-14(3)16(9-17)11-23;1-8-5-10(6-9(8)2)13(16)11-7-15-4-3-12(11)14;1-9(2)12-7-5(4-11)3-6(10)8(7)13-9;1-5-2-7(8)3-6(5)4-9/h5-7,10,15,18,20-21,25H,8-9,11H2,1-4H3,(H,23,24);4-6,10,14,16-17,23H,7-9,11H2,1-3H3,(H,21,22);3-5,7H,6H2,1-2H3;5-8,11H,3-4,10H2,1-2H3;5-7,9H,2-4,8H2,1H3/t15-,18-,20-,21+;14-,16+,17-;;5-,6-,7-,8+;5-,6+,7-/m10.10/s1. The lowest BCUT2D eigenvalue weighted by Crippen LogP contribution is -2.34. The van der Waals surface area contributed by atoms with E-state index in [4.69, 9.17) is 52.2 Å². The number of ketones is 3. The molecule has 490 valence electrons. The van der Waals surface area contributed by atoms with Crippen LogP contribution in [0.4, 0.5) is 11.4 Å². The van der Waals surface area contributed by atoms with Crippen LogP contribution in [-0.2, 0) is 18.9 Å². The number of halogens is 1. The number of anilines is 2. The van der Waals surface area contributed by atoms with E-state index in [0.717, 1.165) is 85.0 Å². The molecule has 0 unspecified atom stereocenters. The van der Waals surface area contributed by atoms with E-state index in [1.807, 2.05) is 85.8 Å². The molecule has 6 fully saturated rings. The fraction of sp³-hybridized carbons (Fsp3) is 0.577. The van der Waals surface area contributed by atoms with Crippen molar-refractivity contribution in [2.75, 3.05) is 37.1 Å². The Morgan fingerprint density at radius 1 is 0.522 bits per heavy atom. The highest BCUT2D eigenvalue weighted by atomic mass is 35.5. The van der Waals surface area contributed by atoms with E-state index in [9.17, 15) is 24.6 Å². The number of rotatable bonds is 14. The van der Waals surface area contributed by atoms with Crippen LogP contribution in [-0.4, -0.2) is 139 Å². The molecule has 10 N–H and O–H groups in total. The van der Waals surface area contributed by atoms with Gasteiger partial charge in [0.25, 0.3) is 0 Å². The zero-order valence-corrected chi connectivity index (χ0v) is 55.5. The highest BCUT2D eigenvalue weighted by Crippen LogP contribution is 2.44. The van der Waals surface area contributed by atoms with Crippen LogP contribution in [0.2, 0.25) is 5.02 Å². The van der Waals surface area contributed by atoms with Crippen LogP contribution < -0.4 is 22.1 Å². The molecule has 0 bridgehead atoms. The van der Waals surface area contributed by atoms with Crippen LogP contribution in [0, 0.1) is 35.5 Å². The highest BCUT2D eigenvalue weighted by Gasteiger charge is 2.54. The molecule has 3 aromatic rings. The maximum atomic E-state index is 13.1. The molecule has 7 aliphatic carbocycles. The van der Waals surface area contributed by atoms with Crippen molar-refractivity contribution in [3.05, 3.63) is 145 Å². The third kappa shape index (κ3) is 17.0. The van der Waals surface area contributed by atoms with Gasteiger partial charge in [-0.3, -0.25) is 29.3 Å². The summed E-state index contributed by atoms with van der Waals surface area (Å²) in [6.07, 6.45) is 23.0. The molecule has 18 nitrogen and oxygen atoms in total. The van der Waals surface area contributed by atoms with Crippen LogP contribution in [0.3, 0.4) is 0 Å². The van der Waals surface area contributed by atoms with Crippen molar-refractivity contribution in [1.82, 2.24) is 15.0 Å². The number of hydrogen-bond acceptors (Lipinski definition) is 18. The molecule has 3 aromatic heterocycles. The molecule has 19 heteroatoms. The van der Waals surface area contributed by atoms with Gasteiger partial charge in [0.15, 0.2) is 28.9 Å². The van der Waals surface area contributed by atoms with Gasteiger partial charge >= 0.3 is 0 Å². The number of fused-ring (bicyclic) bond motifs is 2. The SMILES string of the molecule is CC1(C)O[C@@H]2[C@@H](CO)C[C@@H](N)[C@@H]2O1.CC1=C(C)CC(C(=O)c2cnccc2Cl)=C1.CC1=C(C)CC(C(=O)c2cnccc2N[C@@H]2C[C@H](CO)[C@@H](C)C2)=C1.CC1=C(C)CC(C(=O)c2cnccc2N[C@@H]2C[C@H](CO)[C@H]3OC(C)(C)O[C@H]32)=C1.C[C@H]1C[C@H](N)C[C@@H]1CO. The van der Waals surface area contributed by atoms with Crippen LogP contribution in [0.5, 0.6) is 0 Å². The van der Waals surface area contributed by atoms with E-state index in [1.54, 1.807) is 37.1 Å². The first-order chi connectivity index (χ1) is 42.6. The summed E-state index contributed by atoms with van der Waals surface area (Å²) in [4.78, 5) is 50.4. The molecule has 0 amide bonds. The van der Waals surface area contributed by atoms with Crippen LogP contribution in [0.1, 0.15) is 172 Å². The van der Waals surface area contributed by atoms with Crippen molar-refractivity contribution in [1.29, 1.82) is 0 Å². The number of nitrogens with zero attached hydrogens (tertiary/aromatic N) is 3. The van der Waals surface area contributed by atoms with E-state index in [1.165, 1.54) is 34.1 Å². The minimum atomic E-state index is -0.671. The number of Topliss-reactive ketones (excluding diaryl/α,β-unsaturated/α-hetero) is 3. The quantitative estimate of drug-likeness (QED) is 0.0696. The molecule has 0 aromatic carbocycles. The number of carbonyl (C=O) groups excluding carboxylic acids is 3. The predicted octanol–water partition coefficient (Wildman–Crippen LogP) is 10.8. The van der Waals surface area contributed by atoms with Gasteiger partial charge in [-0.15, -0.1) is 0 Å². The van der Waals surface area contributed by atoms with Gasteiger partial charge in [-0.1, -0.05) is 77.1 Å². The highest BCUT2D eigenvalue weighted by molar-refractivity contribution is 6.35. The Kier molecular flexibility index (Phi) is 23.8. The summed E-state index contributed by atoms with van der Waals surface area (Å²) in [5.41, 5.74) is 24.5. The zero-order valence-electron chi connectivity index (χ0n) is 54.7. The Morgan fingerprint density at radius 2 is 0.922 bits per heavy atom. The number of nitrogens with one attached hydrogen (secondary N) is 2. The summed E-state index contributed by atoms with van der Waals surface area (Å²) in [7, 11) is 0. The zero-order chi connectivity index (χ0) is 65.5. The Balaban J connectivity index is 0.000000153. The number of aliphatic hydroxyl groups excluding tert-OH is 4. The normalized spacial score (nSPS) is 30.8. The van der Waals surface area contributed by atoms with E-state index >= 15 is 0 Å². The first-order valence-corrected chi connectivity index (χ1v) is 32.4. The van der Waals surface area contributed by atoms with Gasteiger partial charge in [0.05, 0.1) is 40.0 Å². The fourth-order valence-corrected chi connectivity index (χ4v) is 14.2. The number of pyridine rings is 3. The monoisotopic (exact) mass is 1260 g/mol. The summed E-state index contributed by atoms with van der Waals surface area (Å²) in [5.74, 6) is 0.931. The molecule has 12 rings (SSSR count). The lowest BCUT2D eigenvalue weighted by atomic mass is 10.00. The second-order valence-electron chi connectivity index (χ2n) is 27.4. The molecule has 0 radical (unpaired) electrons. The van der Waals surface area contributed by atoms with Gasteiger partial charge < -0.3 is 61.5 Å². The number of aromatic nitrogens is 3. The van der Waals surface area contributed by atoms with Crippen LogP contribution in [0.25, 0.3) is 0 Å². The molecule has 4 saturated carbocycles. The molecule has 5 heterocycles. The Labute approximate surface area is 537 Å². The first kappa shape index (κ1) is 70.3. The van der Waals surface area contributed by atoms with Crippen molar-refractivity contribution in [3.63, 3.8) is 0 Å². The summed E-state index contributed by atoms with van der Waals surface area (Å²) in [6.45, 7) is 24.9. The summed E-state index contributed by atoms with van der Waals surface area (Å²) in [6, 6.07) is 5.95. The smallest absolute Gasteiger partial charge is 0.192 e. The lowest BCUT2D eigenvalue weighted by Gasteiger charge is -2.24. The van der Waals surface area contributed by atoms with Gasteiger partial charge in [0.1, 0.15) is 12.2 Å². The summed E-state index contributed by atoms with van der Waals surface area (Å²) in [5, 5.41) is 44.6. The number of ether oxygens (including phenoxy) is 4. The lowest BCUT2D eigenvalue weighted by molar-refractivity contribution is -0.159. The third-order valence-electron chi connectivity index (χ3n) is 19.6. The van der Waals surface area contributed by atoms with Gasteiger partial charge in [-0.25, -0.2) is 0 Å². The topological polar surface area (TPSA) is 284 Å². The number of nitrogens with two attached hydrogens (primary N) is 2. The average Bonchev–Trinajstić information content (AvgIpc) is 1.64. The number of aliphatic hydroxyl groups is 4. The predicted molar refractivity (Wildman–Crippen MR) is 351 cm³/mol. The molecule has 9 aliphatic rings. The summed E-state index contributed by atoms with van der Waals surface area (Å²) < 4.78 is 23.5. The number of hydrogen-bond donors (Lipinski definition) is 8. The van der Waals surface area contributed by atoms with E-state index in [-0.39, 0.29) is 85.5 Å². The van der Waals surface area contributed by atoms with Gasteiger partial charge in [0, 0.05) is 122 Å². The van der Waals surface area contributed by atoms with Crippen molar-refractivity contribution < 1.29 is 53.8 Å². The molecule has 2 saturated heterocycles. The van der Waals surface area contributed by atoms with Crippen molar-refractivity contribution in [2.45, 2.75) is 201 Å². The van der Waals surface area contributed by atoms with Gasteiger partial charge in [-0.2, -0.15) is 0 Å². The second kappa shape index (κ2) is 30.4. The largest absolute Gasteiger partial charge is 0.396 e. The Hall–Kier alpha value is -5.61. The molecule has 2 aliphatic heterocycles. The van der Waals surface area contributed by atoms with E-state index < -0.39 is 11.6 Å². The molecule has 90 heavy (non-hydrogen) atoms. The Morgan fingerprint density at radius 3 is 1.34 bits per heavy atom. The maximum Gasteiger partial charge on any atom is 0.192 e. The van der Waals surface area contributed by atoms with E-state index in [0.29, 0.717) is 70.5 Å². The summed E-state index contributed by atoms with van der Waals surface area (Å²) >= 11 is 5.97. The fourth-order valence-electron chi connectivity index (χ4n) is 14.0. The minimum Gasteiger partial charge on any atom is -0.396 e. The third-order valence-corrected chi connectivity index (χ3v) is 19.9. The Bertz CT molecular complexity index is 3280. The second-order valence-corrected chi connectivity index (χ2v) is 27.8. The molecule has 0 spiro atoms. The van der Waals surface area contributed by atoms with Gasteiger partial charge in [-0.05, 0) is 169 Å². The van der Waals surface area contributed by atoms with Gasteiger partial charge in [0.2, 0.25) is 0 Å². The van der Waals surface area contributed by atoms with Crippen LogP contribution >= 0.6 is 11.6 Å². The van der Waals surface area contributed by atoms with Crippen molar-refractivity contribution in [2.24, 2.45) is 47.0 Å². The minimum absolute atomic E-state index is 0.00363. The maximum absolute atomic E-state index is 13.1.